The Kier molecular flexibility index (Phi) is 5.07. The molecule has 0 fully saturated rings. The molecule has 0 aromatic heterocycles. The van der Waals surface area contributed by atoms with Crippen molar-refractivity contribution in [3.05, 3.63) is 70.3 Å². The van der Waals surface area contributed by atoms with Crippen LogP contribution in [0.25, 0.3) is 0 Å². The number of ketones is 1. The average molecular weight is 367 g/mol. The number of nitrogen functional groups attached to an aromatic ring is 1. The number of hydrogen-bond donors (Lipinski definition) is 5. The van der Waals surface area contributed by atoms with Crippen LogP contribution in [0.1, 0.15) is 58.2 Å². The van der Waals surface area contributed by atoms with E-state index in [1.54, 1.807) is 43.3 Å². The van der Waals surface area contributed by atoms with Crippen molar-refractivity contribution >= 4 is 17.6 Å². The Bertz CT molecular complexity index is 925. The zero-order chi connectivity index (χ0) is 19.7. The maximum Gasteiger partial charge on any atom is 0.314 e. The normalized spacial score (nSPS) is 19.3. The first-order valence-corrected chi connectivity index (χ1v) is 8.63. The number of aliphatic hydroxyl groups excluding tert-OH is 1. The predicted octanol–water partition coefficient (Wildman–Crippen LogP) is 1.95. The van der Waals surface area contributed by atoms with E-state index in [9.17, 15) is 19.8 Å². The Morgan fingerprint density at radius 1 is 1.19 bits per heavy atom. The largest absolute Gasteiger partial charge is 0.481 e. The third-order valence-electron chi connectivity index (χ3n) is 4.89. The summed E-state index contributed by atoms with van der Waals surface area (Å²) in [5.74, 6) is -2.82. The molecule has 2 aromatic carbocycles. The van der Waals surface area contributed by atoms with Gasteiger partial charge in [-0.2, -0.15) is 0 Å². The topological polar surface area (TPSA) is 136 Å². The molecule has 0 bridgehead atoms. The molecule has 0 saturated carbocycles. The molecule has 27 heavy (non-hydrogen) atoms. The molecule has 140 valence electrons. The molecule has 0 aliphatic carbocycles. The molecule has 2 aromatic rings. The van der Waals surface area contributed by atoms with Crippen LogP contribution in [0, 0.1) is 11.3 Å². The summed E-state index contributed by atoms with van der Waals surface area (Å²) in [6.07, 6.45) is -0.737. The highest BCUT2D eigenvalue weighted by Gasteiger charge is 2.33. The van der Waals surface area contributed by atoms with Crippen molar-refractivity contribution in [1.29, 1.82) is 5.41 Å². The minimum atomic E-state index is -1.15. The molecule has 1 heterocycles. The van der Waals surface area contributed by atoms with Crippen LogP contribution in [0.3, 0.4) is 0 Å². The van der Waals surface area contributed by atoms with E-state index in [2.05, 4.69) is 5.32 Å². The van der Waals surface area contributed by atoms with E-state index in [0.29, 0.717) is 22.3 Å². The monoisotopic (exact) mass is 367 g/mol. The molecule has 1 aliphatic rings. The van der Waals surface area contributed by atoms with Gasteiger partial charge in [-0.25, -0.2) is 0 Å². The summed E-state index contributed by atoms with van der Waals surface area (Å²) in [5, 5.41) is 30.4. The van der Waals surface area contributed by atoms with Crippen molar-refractivity contribution in [3.8, 4) is 0 Å². The number of rotatable bonds is 6. The lowest BCUT2D eigenvalue weighted by Crippen LogP contribution is -2.24. The van der Waals surface area contributed by atoms with E-state index < -0.39 is 29.9 Å². The average Bonchev–Trinajstić information content (AvgIpc) is 2.98. The Morgan fingerprint density at radius 3 is 2.52 bits per heavy atom. The third kappa shape index (κ3) is 3.34. The van der Waals surface area contributed by atoms with Gasteiger partial charge < -0.3 is 15.9 Å². The molecule has 6 N–H and O–H groups in total. The van der Waals surface area contributed by atoms with Gasteiger partial charge in [-0.3, -0.25) is 20.3 Å². The second-order valence-electron chi connectivity index (χ2n) is 6.51. The van der Waals surface area contributed by atoms with Crippen molar-refractivity contribution in [2.75, 3.05) is 0 Å². The molecule has 7 heteroatoms. The minimum Gasteiger partial charge on any atom is -0.481 e. The van der Waals surface area contributed by atoms with Crippen LogP contribution < -0.4 is 11.1 Å². The Hall–Kier alpha value is -3.03. The van der Waals surface area contributed by atoms with Crippen molar-refractivity contribution in [2.24, 2.45) is 11.7 Å². The third-order valence-corrected chi connectivity index (χ3v) is 4.89. The molecule has 3 atom stereocenters. The summed E-state index contributed by atoms with van der Waals surface area (Å²) < 4.78 is 0. The van der Waals surface area contributed by atoms with E-state index in [4.69, 9.17) is 11.1 Å². The van der Waals surface area contributed by atoms with Gasteiger partial charge in [0.05, 0.1) is 6.04 Å². The Morgan fingerprint density at radius 2 is 1.89 bits per heavy atom. The molecule has 0 amide bonds. The van der Waals surface area contributed by atoms with Crippen LogP contribution in [0.4, 0.5) is 0 Å². The van der Waals surface area contributed by atoms with E-state index in [0.717, 1.165) is 0 Å². The smallest absolute Gasteiger partial charge is 0.314 e. The fraction of sp³-hybridized carbons (Fsp3) is 0.250. The number of benzene rings is 2. The molecule has 3 rings (SSSR count). The Balaban J connectivity index is 2.07. The molecule has 0 radical (unpaired) electrons. The van der Waals surface area contributed by atoms with E-state index in [1.165, 1.54) is 6.07 Å². The number of amidine groups is 1. The molecule has 7 nitrogen and oxygen atoms in total. The number of hydrogen-bond acceptors (Lipinski definition) is 5. The minimum absolute atomic E-state index is 0.0977. The summed E-state index contributed by atoms with van der Waals surface area (Å²) in [6, 6.07) is 11.4. The van der Waals surface area contributed by atoms with Crippen LogP contribution in [0.15, 0.2) is 42.5 Å². The lowest BCUT2D eigenvalue weighted by Gasteiger charge is -2.17. The summed E-state index contributed by atoms with van der Waals surface area (Å²) in [7, 11) is 0. The van der Waals surface area contributed by atoms with Gasteiger partial charge in [0, 0.05) is 16.7 Å². The summed E-state index contributed by atoms with van der Waals surface area (Å²) in [4.78, 5) is 23.9. The van der Waals surface area contributed by atoms with Crippen LogP contribution in [-0.4, -0.2) is 27.8 Å². The first kappa shape index (κ1) is 18.8. The number of fused-ring (bicyclic) bond motifs is 1. The number of aliphatic hydroxyl groups is 1. The number of aliphatic carboxylic acids is 1. The van der Waals surface area contributed by atoms with E-state index in [1.807, 2.05) is 0 Å². The summed E-state index contributed by atoms with van der Waals surface area (Å²) in [6.45, 7) is 1.65. The van der Waals surface area contributed by atoms with Crippen molar-refractivity contribution in [1.82, 2.24) is 5.32 Å². The number of nitrogens with one attached hydrogen (secondary N) is 2. The van der Waals surface area contributed by atoms with Gasteiger partial charge in [0.1, 0.15) is 18.0 Å². The number of carboxylic acid groups (broad SMARTS) is 1. The fourth-order valence-corrected chi connectivity index (χ4v) is 3.49. The molecular formula is C20H21N3O4. The Labute approximate surface area is 156 Å². The number of carbonyl (C=O) groups excluding carboxylic acids is 1. The summed E-state index contributed by atoms with van der Waals surface area (Å²) in [5.41, 5.74) is 8.48. The quantitative estimate of drug-likeness (QED) is 0.229. The van der Waals surface area contributed by atoms with Gasteiger partial charge in [-0.1, -0.05) is 43.3 Å². The van der Waals surface area contributed by atoms with Crippen LogP contribution in [0.5, 0.6) is 0 Å². The van der Waals surface area contributed by atoms with Crippen LogP contribution in [0.2, 0.25) is 0 Å². The SMILES string of the molecule is CCC(C(=O)O)C(=O)c1ccc2c(c1)C(c1ccccc1C(=N)N)NC2O. The van der Waals surface area contributed by atoms with Crippen molar-refractivity contribution in [2.45, 2.75) is 25.6 Å². The van der Waals surface area contributed by atoms with Crippen molar-refractivity contribution in [3.63, 3.8) is 0 Å². The zero-order valence-electron chi connectivity index (χ0n) is 14.8. The van der Waals surface area contributed by atoms with Gasteiger partial charge in [-0.15, -0.1) is 0 Å². The lowest BCUT2D eigenvalue weighted by atomic mass is 9.89. The standard InChI is InChI=1S/C20H21N3O4/c1-2-11(20(26)27)17(24)10-7-8-14-15(9-10)16(23-19(14)25)12-5-3-4-6-13(12)18(21)22/h3-9,11,16,19,23,25H,2H2,1H3,(H3,21,22)(H,26,27). The van der Waals surface area contributed by atoms with E-state index in [-0.39, 0.29) is 17.8 Å². The number of carboxylic acids is 1. The zero-order valence-corrected chi connectivity index (χ0v) is 14.8. The van der Waals surface area contributed by atoms with Crippen LogP contribution >= 0.6 is 0 Å². The predicted molar refractivity (Wildman–Crippen MR) is 99.6 cm³/mol. The maximum atomic E-state index is 12.6. The highest BCUT2D eigenvalue weighted by Crippen LogP contribution is 2.38. The first-order chi connectivity index (χ1) is 12.8. The van der Waals surface area contributed by atoms with E-state index >= 15 is 0 Å². The highest BCUT2D eigenvalue weighted by atomic mass is 16.4. The lowest BCUT2D eigenvalue weighted by molar-refractivity contribution is -0.140. The van der Waals surface area contributed by atoms with Gasteiger partial charge in [0.15, 0.2) is 5.78 Å². The fourth-order valence-electron chi connectivity index (χ4n) is 3.49. The number of carbonyl (C=O) groups is 2. The maximum absolute atomic E-state index is 12.6. The molecule has 1 aliphatic heterocycles. The number of Topliss-reactive ketones (excluding diaryl/α,β-unsaturated/α-hetero) is 1. The summed E-state index contributed by atoms with van der Waals surface area (Å²) >= 11 is 0. The number of nitrogens with two attached hydrogens (primary N) is 1. The van der Waals surface area contributed by atoms with Gasteiger partial charge in [0.25, 0.3) is 0 Å². The first-order valence-electron chi connectivity index (χ1n) is 8.63. The molecule has 0 saturated heterocycles. The highest BCUT2D eigenvalue weighted by molar-refractivity contribution is 6.08. The van der Waals surface area contributed by atoms with Crippen molar-refractivity contribution < 1.29 is 19.8 Å². The molecule has 0 spiro atoms. The molecular weight excluding hydrogens is 346 g/mol. The second kappa shape index (κ2) is 7.30. The second-order valence-corrected chi connectivity index (χ2v) is 6.51. The van der Waals surface area contributed by atoms with Crippen LogP contribution in [-0.2, 0) is 4.79 Å². The van der Waals surface area contributed by atoms with Gasteiger partial charge in [0.2, 0.25) is 0 Å². The van der Waals surface area contributed by atoms with Gasteiger partial charge in [-0.05, 0) is 23.6 Å². The van der Waals surface area contributed by atoms with Gasteiger partial charge >= 0.3 is 5.97 Å². The molecule has 3 unspecified atom stereocenters.